The average Bonchev–Trinajstić information content (AvgIpc) is 2.88. The van der Waals surface area contributed by atoms with Crippen molar-refractivity contribution in [3.05, 3.63) is 0 Å². The van der Waals surface area contributed by atoms with E-state index in [4.69, 9.17) is 11.6 Å². The second-order valence-electron chi connectivity index (χ2n) is 12.9. The molecule has 0 aromatic heterocycles. The first-order chi connectivity index (χ1) is 18.0. The molecule has 0 aromatic carbocycles. The summed E-state index contributed by atoms with van der Waals surface area (Å²) in [5.74, 6) is 0.647. The van der Waals surface area contributed by atoms with Crippen LogP contribution in [-0.4, -0.2) is 4.87 Å². The Hall–Kier alpha value is 0.250. The monoisotopic (exact) mass is 558 g/mol. The van der Waals surface area contributed by atoms with E-state index >= 15 is 0 Å². The molecule has 0 bridgehead atoms. The molecule has 2 atom stereocenters. The number of halogens is 1. The summed E-state index contributed by atoms with van der Waals surface area (Å²) in [4.78, 5) is 0.00771. The fourth-order valence-corrected chi connectivity index (χ4v) is 6.10. The smallest absolute Gasteiger partial charge is 0.0444 e. The van der Waals surface area contributed by atoms with Crippen LogP contribution in [0.3, 0.4) is 0 Å². The van der Waals surface area contributed by atoms with Crippen molar-refractivity contribution in [3.63, 3.8) is 0 Å². The summed E-state index contributed by atoms with van der Waals surface area (Å²) in [6, 6.07) is 0. The quantitative estimate of drug-likeness (QED) is 0.0667. The summed E-state index contributed by atoms with van der Waals surface area (Å²) in [5.41, 5.74) is 0. The molecule has 0 amide bonds. The molecule has 2 heteroatoms. The van der Waals surface area contributed by atoms with Crippen LogP contribution in [0.4, 0.5) is 0 Å². The van der Waals surface area contributed by atoms with Crippen molar-refractivity contribution < 1.29 is 0 Å². The van der Waals surface area contributed by atoms with Crippen molar-refractivity contribution in [3.8, 4) is 0 Å². The Bertz CT molecular complexity index is 422. The zero-order chi connectivity index (χ0) is 27.3. The maximum Gasteiger partial charge on any atom is 0.0444 e. The van der Waals surface area contributed by atoms with Crippen molar-refractivity contribution in [1.29, 1.82) is 0 Å². The SMILES string of the molecule is CCCCCCCCCCCCCCCCCCC(C)(Cl)C(C)CCCCCCCCCCCCCC.N. The van der Waals surface area contributed by atoms with E-state index in [0.29, 0.717) is 5.92 Å². The molecule has 232 valence electrons. The van der Waals surface area contributed by atoms with Gasteiger partial charge in [-0.15, -0.1) is 11.6 Å². The molecule has 0 radical (unpaired) electrons. The van der Waals surface area contributed by atoms with Gasteiger partial charge in [0, 0.05) is 4.87 Å². The van der Waals surface area contributed by atoms with E-state index < -0.39 is 0 Å². The van der Waals surface area contributed by atoms with Gasteiger partial charge in [-0.3, -0.25) is 0 Å². The van der Waals surface area contributed by atoms with Gasteiger partial charge in [-0.05, 0) is 25.7 Å². The van der Waals surface area contributed by atoms with Gasteiger partial charge >= 0.3 is 0 Å². The van der Waals surface area contributed by atoms with Gasteiger partial charge in [-0.1, -0.05) is 201 Å². The van der Waals surface area contributed by atoms with Crippen molar-refractivity contribution in [1.82, 2.24) is 6.15 Å². The minimum absolute atomic E-state index is 0. The Kier molecular flexibility index (Phi) is 33.8. The molecule has 2 unspecified atom stereocenters. The van der Waals surface area contributed by atoms with Gasteiger partial charge in [0.05, 0.1) is 0 Å². The highest BCUT2D eigenvalue weighted by atomic mass is 35.5. The van der Waals surface area contributed by atoms with Gasteiger partial charge in [-0.2, -0.15) is 0 Å². The van der Waals surface area contributed by atoms with Gasteiger partial charge in [0.15, 0.2) is 0 Å². The summed E-state index contributed by atoms with van der Waals surface area (Å²) in [6.45, 7) is 9.32. The van der Waals surface area contributed by atoms with E-state index in [2.05, 4.69) is 27.7 Å². The van der Waals surface area contributed by atoms with Crippen LogP contribution < -0.4 is 6.15 Å². The molecule has 0 rings (SSSR count). The van der Waals surface area contributed by atoms with E-state index in [1.54, 1.807) is 0 Å². The molecule has 38 heavy (non-hydrogen) atoms. The third-order valence-corrected chi connectivity index (χ3v) is 9.60. The largest absolute Gasteiger partial charge is 0.344 e. The normalized spacial score (nSPS) is 13.8. The zero-order valence-corrected chi connectivity index (χ0v) is 28.1. The van der Waals surface area contributed by atoms with Gasteiger partial charge in [0.2, 0.25) is 0 Å². The van der Waals surface area contributed by atoms with Gasteiger partial charge in [0.25, 0.3) is 0 Å². The van der Waals surface area contributed by atoms with Crippen LogP contribution in [0.25, 0.3) is 0 Å². The molecular formula is C36H76ClN. The standard InChI is InChI=1S/C36H73Cl.H3N/c1-5-7-9-11-13-15-17-19-20-21-22-24-26-28-30-32-34-36(4,37)35(3)33-31-29-27-25-23-18-16-14-12-10-8-6-2;/h35H,5-34H2,1-4H3;1H3. The third kappa shape index (κ3) is 29.2. The number of hydrogen-bond donors (Lipinski definition) is 1. The van der Waals surface area contributed by atoms with Crippen LogP contribution in [0.1, 0.15) is 220 Å². The van der Waals surface area contributed by atoms with Crippen LogP contribution in [-0.2, 0) is 0 Å². The van der Waals surface area contributed by atoms with Gasteiger partial charge in [-0.25, -0.2) is 0 Å². The zero-order valence-electron chi connectivity index (χ0n) is 27.4. The van der Waals surface area contributed by atoms with E-state index in [1.165, 1.54) is 193 Å². The number of unbranched alkanes of at least 4 members (excludes halogenated alkanes) is 26. The molecule has 0 fully saturated rings. The lowest BCUT2D eigenvalue weighted by atomic mass is 9.85. The van der Waals surface area contributed by atoms with Crippen molar-refractivity contribution in [2.24, 2.45) is 5.92 Å². The number of rotatable bonds is 31. The van der Waals surface area contributed by atoms with Gasteiger partial charge in [0.1, 0.15) is 0 Å². The molecule has 0 aliphatic carbocycles. The van der Waals surface area contributed by atoms with Crippen molar-refractivity contribution in [2.45, 2.75) is 225 Å². The summed E-state index contributed by atoms with van der Waals surface area (Å²) in [6.07, 6.45) is 42.7. The molecule has 0 saturated heterocycles. The number of alkyl halides is 1. The number of hydrogen-bond acceptors (Lipinski definition) is 1. The van der Waals surface area contributed by atoms with Crippen LogP contribution in [0.5, 0.6) is 0 Å². The fraction of sp³-hybridized carbons (Fsp3) is 1.00. The maximum atomic E-state index is 6.99. The average molecular weight is 558 g/mol. The first-order valence-electron chi connectivity index (χ1n) is 17.7. The predicted molar refractivity (Wildman–Crippen MR) is 178 cm³/mol. The van der Waals surface area contributed by atoms with E-state index in [0.717, 1.165) is 0 Å². The van der Waals surface area contributed by atoms with Crippen molar-refractivity contribution >= 4 is 11.6 Å². The van der Waals surface area contributed by atoms with Crippen LogP contribution in [0.2, 0.25) is 0 Å². The Morgan fingerprint density at radius 3 is 0.947 bits per heavy atom. The molecule has 0 saturated carbocycles. The van der Waals surface area contributed by atoms with Crippen LogP contribution >= 0.6 is 11.6 Å². The molecule has 0 aliphatic rings. The second-order valence-corrected chi connectivity index (χ2v) is 13.8. The highest BCUT2D eigenvalue weighted by molar-refractivity contribution is 6.23. The highest BCUT2D eigenvalue weighted by Gasteiger charge is 2.27. The van der Waals surface area contributed by atoms with Crippen molar-refractivity contribution in [2.75, 3.05) is 0 Å². The van der Waals surface area contributed by atoms with E-state index in [1.807, 2.05) is 0 Å². The molecule has 0 aliphatic heterocycles. The Morgan fingerprint density at radius 1 is 0.421 bits per heavy atom. The van der Waals surface area contributed by atoms with E-state index in [-0.39, 0.29) is 11.0 Å². The molecule has 0 heterocycles. The first kappa shape index (κ1) is 40.4. The lowest BCUT2D eigenvalue weighted by Crippen LogP contribution is -2.26. The van der Waals surface area contributed by atoms with Crippen LogP contribution in [0.15, 0.2) is 0 Å². The Morgan fingerprint density at radius 2 is 0.658 bits per heavy atom. The minimum Gasteiger partial charge on any atom is -0.344 e. The Balaban J connectivity index is 0. The predicted octanol–water partition coefficient (Wildman–Crippen LogP) is 14.5. The lowest BCUT2D eigenvalue weighted by molar-refractivity contribution is 0.350. The maximum absolute atomic E-state index is 6.99. The summed E-state index contributed by atoms with van der Waals surface area (Å²) in [5, 5.41) is 0. The lowest BCUT2D eigenvalue weighted by Gasteiger charge is -2.29. The second kappa shape index (κ2) is 31.8. The molecule has 3 N–H and O–H groups in total. The first-order valence-corrected chi connectivity index (χ1v) is 18.1. The molecular weight excluding hydrogens is 482 g/mol. The van der Waals surface area contributed by atoms with Crippen LogP contribution in [0, 0.1) is 5.92 Å². The summed E-state index contributed by atoms with van der Waals surface area (Å²) >= 11 is 6.99. The summed E-state index contributed by atoms with van der Waals surface area (Å²) < 4.78 is 0. The summed E-state index contributed by atoms with van der Waals surface area (Å²) in [7, 11) is 0. The minimum atomic E-state index is 0. The molecule has 1 nitrogen and oxygen atoms in total. The highest BCUT2D eigenvalue weighted by Crippen LogP contribution is 2.34. The molecule has 0 aromatic rings. The fourth-order valence-electron chi connectivity index (χ4n) is 5.86. The van der Waals surface area contributed by atoms with E-state index in [9.17, 15) is 0 Å². The third-order valence-electron chi connectivity index (χ3n) is 9.04. The van der Waals surface area contributed by atoms with Gasteiger partial charge < -0.3 is 6.15 Å². The Labute approximate surface area is 248 Å². The molecule has 0 spiro atoms. The topological polar surface area (TPSA) is 35.0 Å².